The molecule has 0 saturated carbocycles. The van der Waals surface area contributed by atoms with Crippen LogP contribution in [-0.2, 0) is 4.79 Å². The van der Waals surface area contributed by atoms with Gasteiger partial charge in [-0.1, -0.05) is 25.5 Å². The van der Waals surface area contributed by atoms with Gasteiger partial charge < -0.3 is 10.1 Å². The number of nitrogens with one attached hydrogen (secondary N) is 1. The van der Waals surface area contributed by atoms with E-state index in [1.54, 1.807) is 0 Å². The standard InChI is InChI=1S/C14H16N2O2/c1-2-3-8-16-14(17)13-11-6-4-5-7-12(11)18-10-9-15-13/h4-7,9-10H,2-3,8H2,1H3,(H,16,17). The number of ether oxygens (including phenoxy) is 1. The zero-order valence-corrected chi connectivity index (χ0v) is 10.3. The Morgan fingerprint density at radius 2 is 2.22 bits per heavy atom. The summed E-state index contributed by atoms with van der Waals surface area (Å²) in [6, 6.07) is 7.38. The van der Waals surface area contributed by atoms with Crippen LogP contribution in [0.3, 0.4) is 0 Å². The number of hydrogen-bond acceptors (Lipinski definition) is 3. The molecule has 4 heteroatoms. The Hall–Kier alpha value is -2.10. The maximum atomic E-state index is 12.1. The van der Waals surface area contributed by atoms with Crippen LogP contribution >= 0.6 is 0 Å². The molecule has 1 heterocycles. The van der Waals surface area contributed by atoms with Gasteiger partial charge in [-0.2, -0.15) is 0 Å². The van der Waals surface area contributed by atoms with Gasteiger partial charge in [0.25, 0.3) is 5.91 Å². The number of fused-ring (bicyclic) bond motifs is 1. The molecule has 4 nitrogen and oxygen atoms in total. The van der Waals surface area contributed by atoms with Crippen molar-refractivity contribution < 1.29 is 9.53 Å². The van der Waals surface area contributed by atoms with Crippen LogP contribution in [0.4, 0.5) is 0 Å². The average Bonchev–Trinajstić information content (AvgIpc) is 2.61. The van der Waals surface area contributed by atoms with Crippen molar-refractivity contribution in [2.75, 3.05) is 6.54 Å². The molecule has 1 aliphatic rings. The first-order chi connectivity index (χ1) is 8.83. The molecule has 0 bridgehead atoms. The van der Waals surface area contributed by atoms with Crippen LogP contribution in [-0.4, -0.2) is 18.2 Å². The maximum absolute atomic E-state index is 12.1. The van der Waals surface area contributed by atoms with E-state index in [2.05, 4.69) is 17.2 Å². The molecular formula is C14H16N2O2. The Labute approximate surface area is 106 Å². The Bertz CT molecular complexity index is 492. The lowest BCUT2D eigenvalue weighted by Crippen LogP contribution is -2.32. The SMILES string of the molecule is CCCCNC(=O)C1=NC=COc2ccccc21. The first-order valence-electron chi connectivity index (χ1n) is 6.10. The zero-order chi connectivity index (χ0) is 12.8. The predicted octanol–water partition coefficient (Wildman–Crippen LogP) is 2.26. The van der Waals surface area contributed by atoms with Crippen LogP contribution in [0.1, 0.15) is 25.3 Å². The quantitative estimate of drug-likeness (QED) is 0.826. The minimum absolute atomic E-state index is 0.161. The fourth-order valence-electron chi connectivity index (χ4n) is 1.69. The van der Waals surface area contributed by atoms with Gasteiger partial charge in [-0.25, -0.2) is 4.99 Å². The molecule has 0 spiro atoms. The highest BCUT2D eigenvalue weighted by atomic mass is 16.5. The molecule has 94 valence electrons. The van der Waals surface area contributed by atoms with Crippen molar-refractivity contribution in [3.8, 4) is 5.75 Å². The molecule has 0 aliphatic carbocycles. The van der Waals surface area contributed by atoms with Gasteiger partial charge in [0.1, 0.15) is 17.7 Å². The lowest BCUT2D eigenvalue weighted by molar-refractivity contribution is -0.114. The van der Waals surface area contributed by atoms with E-state index in [-0.39, 0.29) is 5.91 Å². The molecule has 2 rings (SSSR count). The zero-order valence-electron chi connectivity index (χ0n) is 10.3. The fourth-order valence-corrected chi connectivity index (χ4v) is 1.69. The van der Waals surface area contributed by atoms with Gasteiger partial charge in [0, 0.05) is 12.1 Å². The largest absolute Gasteiger partial charge is 0.463 e. The topological polar surface area (TPSA) is 50.7 Å². The molecule has 0 fully saturated rings. The van der Waals surface area contributed by atoms with Gasteiger partial charge >= 0.3 is 0 Å². The van der Waals surface area contributed by atoms with Gasteiger partial charge in [0.15, 0.2) is 0 Å². The van der Waals surface area contributed by atoms with Crippen LogP contribution < -0.4 is 10.1 Å². The Balaban J connectivity index is 2.19. The predicted molar refractivity (Wildman–Crippen MR) is 70.7 cm³/mol. The van der Waals surface area contributed by atoms with E-state index in [9.17, 15) is 4.79 Å². The van der Waals surface area contributed by atoms with Crippen LogP contribution in [0, 0.1) is 0 Å². The average molecular weight is 244 g/mol. The van der Waals surface area contributed by atoms with E-state index in [0.717, 1.165) is 18.4 Å². The number of carbonyl (C=O) groups is 1. The number of para-hydroxylation sites is 1. The maximum Gasteiger partial charge on any atom is 0.270 e. The number of hydrogen-bond donors (Lipinski definition) is 1. The second-order valence-electron chi connectivity index (χ2n) is 3.99. The molecule has 0 saturated heterocycles. The van der Waals surface area contributed by atoms with Crippen molar-refractivity contribution in [2.24, 2.45) is 4.99 Å². The molecular weight excluding hydrogens is 228 g/mol. The number of carbonyl (C=O) groups excluding carboxylic acids is 1. The number of unbranched alkanes of at least 4 members (excludes halogenated alkanes) is 1. The first kappa shape index (κ1) is 12.4. The third kappa shape index (κ3) is 2.77. The van der Waals surface area contributed by atoms with Crippen LogP contribution in [0.15, 0.2) is 41.7 Å². The van der Waals surface area contributed by atoms with E-state index in [1.165, 1.54) is 12.5 Å². The van der Waals surface area contributed by atoms with Gasteiger partial charge in [0.2, 0.25) is 0 Å². The second-order valence-corrected chi connectivity index (χ2v) is 3.99. The summed E-state index contributed by atoms with van der Waals surface area (Å²) in [7, 11) is 0. The van der Waals surface area contributed by atoms with Gasteiger partial charge in [-0.05, 0) is 18.6 Å². The molecule has 0 unspecified atom stereocenters. The van der Waals surface area contributed by atoms with Crippen molar-refractivity contribution in [1.29, 1.82) is 0 Å². The third-order valence-corrected chi connectivity index (χ3v) is 2.63. The van der Waals surface area contributed by atoms with E-state index < -0.39 is 0 Å². The van der Waals surface area contributed by atoms with E-state index in [0.29, 0.717) is 18.0 Å². The third-order valence-electron chi connectivity index (χ3n) is 2.63. The molecule has 1 amide bonds. The second kappa shape index (κ2) is 6.00. The summed E-state index contributed by atoms with van der Waals surface area (Å²) in [4.78, 5) is 16.2. The molecule has 0 aromatic heterocycles. The molecule has 0 radical (unpaired) electrons. The summed E-state index contributed by atoms with van der Waals surface area (Å²) >= 11 is 0. The summed E-state index contributed by atoms with van der Waals surface area (Å²) in [5, 5.41) is 2.86. The van der Waals surface area contributed by atoms with Crippen molar-refractivity contribution >= 4 is 11.6 Å². The number of rotatable bonds is 4. The van der Waals surface area contributed by atoms with Crippen molar-refractivity contribution in [2.45, 2.75) is 19.8 Å². The summed E-state index contributed by atoms with van der Waals surface area (Å²) in [6.07, 6.45) is 4.99. The summed E-state index contributed by atoms with van der Waals surface area (Å²) in [5.74, 6) is 0.488. The highest BCUT2D eigenvalue weighted by Crippen LogP contribution is 2.21. The lowest BCUT2D eigenvalue weighted by Gasteiger charge is -2.09. The lowest BCUT2D eigenvalue weighted by atomic mass is 10.1. The number of amides is 1. The Morgan fingerprint density at radius 3 is 3.06 bits per heavy atom. The highest BCUT2D eigenvalue weighted by molar-refractivity contribution is 6.46. The first-order valence-corrected chi connectivity index (χ1v) is 6.10. The minimum Gasteiger partial charge on any atom is -0.463 e. The van der Waals surface area contributed by atoms with Crippen LogP contribution in [0.2, 0.25) is 0 Å². The van der Waals surface area contributed by atoms with Crippen LogP contribution in [0.25, 0.3) is 0 Å². The smallest absolute Gasteiger partial charge is 0.270 e. The molecule has 1 aromatic rings. The number of nitrogens with zero attached hydrogens (tertiary/aromatic N) is 1. The van der Waals surface area contributed by atoms with Gasteiger partial charge in [-0.3, -0.25) is 4.79 Å². The summed E-state index contributed by atoms with van der Waals surface area (Å²) < 4.78 is 5.38. The van der Waals surface area contributed by atoms with Crippen LogP contribution in [0.5, 0.6) is 5.75 Å². The van der Waals surface area contributed by atoms with E-state index >= 15 is 0 Å². The van der Waals surface area contributed by atoms with Crippen molar-refractivity contribution in [1.82, 2.24) is 5.32 Å². The van der Waals surface area contributed by atoms with Gasteiger partial charge in [0.05, 0.1) is 6.20 Å². The molecule has 1 N–H and O–H groups in total. The molecule has 18 heavy (non-hydrogen) atoms. The molecule has 0 atom stereocenters. The highest BCUT2D eigenvalue weighted by Gasteiger charge is 2.18. The Kier molecular flexibility index (Phi) is 4.12. The normalized spacial score (nSPS) is 13.1. The van der Waals surface area contributed by atoms with Crippen molar-refractivity contribution in [3.63, 3.8) is 0 Å². The fraction of sp³-hybridized carbons (Fsp3) is 0.286. The minimum atomic E-state index is -0.161. The van der Waals surface area contributed by atoms with Gasteiger partial charge in [-0.15, -0.1) is 0 Å². The van der Waals surface area contributed by atoms with E-state index in [1.807, 2.05) is 24.3 Å². The van der Waals surface area contributed by atoms with E-state index in [4.69, 9.17) is 4.74 Å². The monoisotopic (exact) mass is 244 g/mol. The molecule has 1 aliphatic heterocycles. The van der Waals surface area contributed by atoms with Crippen molar-refractivity contribution in [3.05, 3.63) is 42.3 Å². The molecule has 1 aromatic carbocycles. The number of aliphatic imine (C=N–C) groups is 1. The summed E-state index contributed by atoms with van der Waals surface area (Å²) in [5.41, 5.74) is 1.12. The summed E-state index contributed by atoms with van der Waals surface area (Å²) in [6.45, 7) is 2.75. The number of benzene rings is 1. The Morgan fingerprint density at radius 1 is 1.39 bits per heavy atom.